The zero-order chi connectivity index (χ0) is 22.3. The van der Waals surface area contributed by atoms with Crippen LogP contribution in [0.5, 0.6) is 5.75 Å². The van der Waals surface area contributed by atoms with Gasteiger partial charge in [-0.05, 0) is 62.6 Å². The number of hydrogen-bond donors (Lipinski definition) is 1. The van der Waals surface area contributed by atoms with E-state index in [1.54, 1.807) is 0 Å². The minimum atomic E-state index is -0.210. The molecule has 0 fully saturated rings. The highest BCUT2D eigenvalue weighted by atomic mass is 16.5. The minimum Gasteiger partial charge on any atom is -0.493 e. The van der Waals surface area contributed by atoms with Crippen LogP contribution in [0.2, 0.25) is 0 Å². The first kappa shape index (κ1) is 21.6. The van der Waals surface area contributed by atoms with Gasteiger partial charge in [0.2, 0.25) is 0 Å². The fraction of sp³-hybridized carbons (Fsp3) is 0.259. The number of amides is 1. The van der Waals surface area contributed by atoms with E-state index in [4.69, 9.17) is 9.72 Å². The molecular weight excluding hydrogens is 398 g/mol. The molecule has 164 valence electrons. The van der Waals surface area contributed by atoms with Crippen LogP contribution in [0.4, 0.5) is 0 Å². The molecule has 0 bridgehead atoms. The zero-order valence-corrected chi connectivity index (χ0v) is 18.6. The first-order chi connectivity index (χ1) is 15.6. The molecular formula is C27H29N3O2. The first-order valence-electron chi connectivity index (χ1n) is 11.1. The molecule has 5 nitrogen and oxygen atoms in total. The molecule has 1 amide bonds. The van der Waals surface area contributed by atoms with Gasteiger partial charge in [-0.15, -0.1) is 0 Å². The second-order valence-corrected chi connectivity index (χ2v) is 7.99. The molecule has 1 unspecified atom stereocenters. The van der Waals surface area contributed by atoms with Gasteiger partial charge in [-0.25, -0.2) is 4.98 Å². The zero-order valence-electron chi connectivity index (χ0n) is 18.6. The fourth-order valence-electron chi connectivity index (χ4n) is 3.87. The monoisotopic (exact) mass is 427 g/mol. The topological polar surface area (TPSA) is 56.1 Å². The quantitative estimate of drug-likeness (QED) is 0.349. The molecule has 4 rings (SSSR count). The third-order valence-electron chi connectivity index (χ3n) is 5.58. The standard InChI is InChI=1S/C27H29N3O2/c1-20-12-6-9-17-25(20)32-19-11-10-18-30-24-16-8-7-15-23(24)29-26(30)21(2)28-27(31)22-13-4-3-5-14-22/h3-9,12-17,21H,10-11,18-19H2,1-2H3,(H,28,31). The Kier molecular flexibility index (Phi) is 6.85. The van der Waals surface area contributed by atoms with E-state index in [1.807, 2.05) is 73.7 Å². The van der Waals surface area contributed by atoms with Gasteiger partial charge in [-0.2, -0.15) is 0 Å². The number of carbonyl (C=O) groups is 1. The summed E-state index contributed by atoms with van der Waals surface area (Å²) in [6, 6.07) is 25.3. The number of fused-ring (bicyclic) bond motifs is 1. The molecule has 4 aromatic rings. The van der Waals surface area contributed by atoms with Gasteiger partial charge in [0.15, 0.2) is 0 Å². The lowest BCUT2D eigenvalue weighted by molar-refractivity contribution is 0.0937. The van der Waals surface area contributed by atoms with E-state index in [2.05, 4.69) is 28.9 Å². The van der Waals surface area contributed by atoms with Crippen molar-refractivity contribution in [1.29, 1.82) is 0 Å². The number of nitrogens with zero attached hydrogens (tertiary/aromatic N) is 2. The Balaban J connectivity index is 1.43. The number of aryl methyl sites for hydroxylation is 2. The van der Waals surface area contributed by atoms with Crippen LogP contribution in [-0.2, 0) is 6.54 Å². The molecule has 0 aliphatic heterocycles. The van der Waals surface area contributed by atoms with Gasteiger partial charge in [0, 0.05) is 12.1 Å². The number of benzene rings is 3. The highest BCUT2D eigenvalue weighted by molar-refractivity contribution is 5.94. The Morgan fingerprint density at radius 1 is 0.969 bits per heavy atom. The Morgan fingerprint density at radius 3 is 2.50 bits per heavy atom. The number of nitrogens with one attached hydrogen (secondary N) is 1. The van der Waals surface area contributed by atoms with E-state index in [9.17, 15) is 4.79 Å². The number of rotatable bonds is 9. The predicted octanol–water partition coefficient (Wildman–Crippen LogP) is 5.69. The van der Waals surface area contributed by atoms with Crippen LogP contribution in [0.15, 0.2) is 78.9 Å². The number of imidazole rings is 1. The maximum atomic E-state index is 12.7. The summed E-state index contributed by atoms with van der Waals surface area (Å²) >= 11 is 0. The van der Waals surface area contributed by atoms with Crippen molar-refractivity contribution in [3.63, 3.8) is 0 Å². The molecule has 1 atom stereocenters. The number of ether oxygens (including phenoxy) is 1. The fourth-order valence-corrected chi connectivity index (χ4v) is 3.87. The Morgan fingerprint density at radius 2 is 1.69 bits per heavy atom. The summed E-state index contributed by atoms with van der Waals surface area (Å²) < 4.78 is 8.16. The van der Waals surface area contributed by atoms with Crippen LogP contribution in [-0.4, -0.2) is 22.1 Å². The summed E-state index contributed by atoms with van der Waals surface area (Å²) in [4.78, 5) is 17.5. The van der Waals surface area contributed by atoms with Crippen molar-refractivity contribution >= 4 is 16.9 Å². The summed E-state index contributed by atoms with van der Waals surface area (Å²) in [6.45, 7) is 5.54. The molecule has 0 aliphatic rings. The third kappa shape index (κ3) is 4.99. The Hall–Kier alpha value is -3.60. The van der Waals surface area contributed by atoms with E-state index in [0.717, 1.165) is 47.6 Å². The number of unbranched alkanes of at least 4 members (excludes halogenated alkanes) is 1. The lowest BCUT2D eigenvalue weighted by Crippen LogP contribution is -2.28. The van der Waals surface area contributed by atoms with Crippen LogP contribution in [0.3, 0.4) is 0 Å². The average Bonchev–Trinajstić information content (AvgIpc) is 3.19. The van der Waals surface area contributed by atoms with Crippen molar-refractivity contribution in [2.45, 2.75) is 39.3 Å². The lowest BCUT2D eigenvalue weighted by atomic mass is 10.2. The highest BCUT2D eigenvalue weighted by Crippen LogP contribution is 2.22. The lowest BCUT2D eigenvalue weighted by Gasteiger charge is -2.17. The normalized spacial score (nSPS) is 11.9. The maximum Gasteiger partial charge on any atom is 0.251 e. The summed E-state index contributed by atoms with van der Waals surface area (Å²) in [6.07, 6.45) is 1.89. The van der Waals surface area contributed by atoms with Crippen LogP contribution < -0.4 is 10.1 Å². The average molecular weight is 428 g/mol. The van der Waals surface area contributed by atoms with Crippen molar-refractivity contribution in [2.24, 2.45) is 0 Å². The number of aromatic nitrogens is 2. The third-order valence-corrected chi connectivity index (χ3v) is 5.58. The van der Waals surface area contributed by atoms with E-state index in [-0.39, 0.29) is 11.9 Å². The molecule has 0 aliphatic carbocycles. The SMILES string of the molecule is Cc1ccccc1OCCCCn1c(C(C)NC(=O)c2ccccc2)nc2ccccc21. The molecule has 1 heterocycles. The Bertz CT molecular complexity index is 1180. The predicted molar refractivity (Wildman–Crippen MR) is 128 cm³/mol. The van der Waals surface area contributed by atoms with Crippen molar-refractivity contribution in [3.05, 3.63) is 95.8 Å². The molecule has 5 heteroatoms. The second-order valence-electron chi connectivity index (χ2n) is 7.99. The van der Waals surface area contributed by atoms with Crippen molar-refractivity contribution in [3.8, 4) is 5.75 Å². The van der Waals surface area contributed by atoms with Crippen LogP contribution in [0, 0.1) is 6.92 Å². The largest absolute Gasteiger partial charge is 0.493 e. The molecule has 3 aromatic carbocycles. The van der Waals surface area contributed by atoms with Gasteiger partial charge in [0.25, 0.3) is 5.91 Å². The number of hydrogen-bond acceptors (Lipinski definition) is 3. The van der Waals surface area contributed by atoms with Crippen molar-refractivity contribution < 1.29 is 9.53 Å². The maximum absolute atomic E-state index is 12.7. The summed E-state index contributed by atoms with van der Waals surface area (Å²) in [5, 5.41) is 3.10. The molecule has 1 N–H and O–H groups in total. The van der Waals surface area contributed by atoms with Crippen molar-refractivity contribution in [1.82, 2.24) is 14.9 Å². The highest BCUT2D eigenvalue weighted by Gasteiger charge is 2.18. The summed E-state index contributed by atoms with van der Waals surface area (Å²) in [5.74, 6) is 1.72. The smallest absolute Gasteiger partial charge is 0.251 e. The van der Waals surface area contributed by atoms with Crippen LogP contribution in [0.1, 0.15) is 47.6 Å². The van der Waals surface area contributed by atoms with Gasteiger partial charge >= 0.3 is 0 Å². The van der Waals surface area contributed by atoms with Gasteiger partial charge in [-0.1, -0.05) is 48.5 Å². The molecule has 1 aromatic heterocycles. The van der Waals surface area contributed by atoms with Gasteiger partial charge in [0.05, 0.1) is 23.7 Å². The summed E-state index contributed by atoms with van der Waals surface area (Å²) in [7, 11) is 0. The van der Waals surface area contributed by atoms with E-state index >= 15 is 0 Å². The van der Waals surface area contributed by atoms with E-state index in [1.165, 1.54) is 0 Å². The van der Waals surface area contributed by atoms with E-state index < -0.39 is 0 Å². The molecule has 32 heavy (non-hydrogen) atoms. The molecule has 0 saturated carbocycles. The molecule has 0 saturated heterocycles. The Labute approximate surface area is 189 Å². The van der Waals surface area contributed by atoms with Gasteiger partial charge in [-0.3, -0.25) is 4.79 Å². The number of carbonyl (C=O) groups excluding carboxylic acids is 1. The van der Waals surface area contributed by atoms with Crippen molar-refractivity contribution in [2.75, 3.05) is 6.61 Å². The van der Waals surface area contributed by atoms with Crippen LogP contribution >= 0.6 is 0 Å². The minimum absolute atomic E-state index is 0.0941. The summed E-state index contributed by atoms with van der Waals surface area (Å²) in [5.41, 5.74) is 3.83. The second kappa shape index (κ2) is 10.1. The van der Waals surface area contributed by atoms with Gasteiger partial charge in [0.1, 0.15) is 11.6 Å². The van der Waals surface area contributed by atoms with Gasteiger partial charge < -0.3 is 14.6 Å². The van der Waals surface area contributed by atoms with E-state index in [0.29, 0.717) is 12.2 Å². The molecule has 0 radical (unpaired) electrons. The number of para-hydroxylation sites is 3. The van der Waals surface area contributed by atoms with Crippen LogP contribution in [0.25, 0.3) is 11.0 Å². The first-order valence-corrected chi connectivity index (χ1v) is 11.1. The molecule has 0 spiro atoms.